The number of H-pyrrole nitrogens is 1. The number of rotatable bonds is 7. The Hall–Kier alpha value is -3.27. The molecule has 1 saturated heterocycles. The molecule has 11 nitrogen and oxygen atoms in total. The van der Waals surface area contributed by atoms with Crippen LogP contribution in [0.5, 0.6) is 0 Å². The normalized spacial score (nSPS) is 15.6. The molecule has 1 aromatic carbocycles. The fourth-order valence-electron chi connectivity index (χ4n) is 4.21. The van der Waals surface area contributed by atoms with E-state index < -0.39 is 21.3 Å². The van der Waals surface area contributed by atoms with Crippen molar-refractivity contribution in [3.8, 4) is 6.07 Å². The smallest absolute Gasteiger partial charge is 0.324 e. The molecule has 1 aliphatic heterocycles. The highest BCUT2D eigenvalue weighted by Crippen LogP contribution is 2.22. The quantitative estimate of drug-likeness (QED) is 0.517. The predicted octanol–water partition coefficient (Wildman–Crippen LogP) is 0.602. The van der Waals surface area contributed by atoms with Crippen molar-refractivity contribution >= 4 is 21.2 Å². The van der Waals surface area contributed by atoms with Crippen LogP contribution in [0.2, 0.25) is 0 Å². The van der Waals surface area contributed by atoms with Crippen molar-refractivity contribution in [3.05, 3.63) is 56.5 Å². The molecule has 0 spiro atoms. The van der Waals surface area contributed by atoms with Crippen molar-refractivity contribution in [2.24, 2.45) is 7.05 Å². The fraction of sp³-hybridized carbons (Fsp3) is 0.455. The van der Waals surface area contributed by atoms with Gasteiger partial charge in [-0.25, -0.2) is 18.2 Å². The lowest BCUT2D eigenvalue weighted by molar-refractivity contribution is 0.177. The second-order valence-corrected chi connectivity index (χ2v) is 10.2. The number of nitrogens with one attached hydrogen (secondary N) is 1. The summed E-state index contributed by atoms with van der Waals surface area (Å²) in [5.74, 6) is 0.627. The van der Waals surface area contributed by atoms with E-state index in [9.17, 15) is 23.3 Å². The average Bonchev–Trinajstić information content (AvgIpc) is 3.15. The van der Waals surface area contributed by atoms with E-state index >= 15 is 0 Å². The Morgan fingerprint density at radius 1 is 1.15 bits per heavy atom. The highest BCUT2D eigenvalue weighted by atomic mass is 32.2. The molecule has 34 heavy (non-hydrogen) atoms. The van der Waals surface area contributed by atoms with Gasteiger partial charge in [-0.3, -0.25) is 19.2 Å². The molecule has 3 heterocycles. The third-order valence-electron chi connectivity index (χ3n) is 6.16. The van der Waals surface area contributed by atoms with E-state index in [0.29, 0.717) is 43.2 Å². The van der Waals surface area contributed by atoms with Crippen molar-refractivity contribution in [2.75, 3.05) is 26.2 Å². The van der Waals surface area contributed by atoms with Gasteiger partial charge in [0.15, 0.2) is 11.2 Å². The van der Waals surface area contributed by atoms with E-state index in [4.69, 9.17) is 0 Å². The van der Waals surface area contributed by atoms with E-state index in [2.05, 4.69) is 14.9 Å². The predicted molar refractivity (Wildman–Crippen MR) is 126 cm³/mol. The number of hydrogen-bond acceptors (Lipinski definition) is 7. The summed E-state index contributed by atoms with van der Waals surface area (Å²) in [4.78, 5) is 33.9. The van der Waals surface area contributed by atoms with Gasteiger partial charge in [0.1, 0.15) is 11.9 Å². The van der Waals surface area contributed by atoms with Crippen LogP contribution in [0.3, 0.4) is 0 Å². The Bertz CT molecular complexity index is 1470. The molecule has 4 rings (SSSR count). The second-order valence-electron chi connectivity index (χ2n) is 8.31. The van der Waals surface area contributed by atoms with Gasteiger partial charge in [0.2, 0.25) is 10.0 Å². The zero-order chi connectivity index (χ0) is 24.5. The van der Waals surface area contributed by atoms with Gasteiger partial charge in [-0.2, -0.15) is 9.57 Å². The van der Waals surface area contributed by atoms with Crippen LogP contribution < -0.4 is 11.2 Å². The van der Waals surface area contributed by atoms with Gasteiger partial charge >= 0.3 is 5.69 Å². The van der Waals surface area contributed by atoms with E-state index in [0.717, 1.165) is 12.8 Å². The number of aromatic nitrogens is 4. The van der Waals surface area contributed by atoms with Gasteiger partial charge in [0.05, 0.1) is 17.0 Å². The summed E-state index contributed by atoms with van der Waals surface area (Å²) >= 11 is 0. The molecule has 1 aliphatic rings. The van der Waals surface area contributed by atoms with Crippen molar-refractivity contribution in [1.29, 1.82) is 5.26 Å². The minimum absolute atomic E-state index is 0.0191. The number of unbranched alkanes of at least 4 members (excludes halogenated alkanes) is 1. The largest absolute Gasteiger partial charge is 0.330 e. The first-order chi connectivity index (χ1) is 16.3. The molecule has 0 radical (unpaired) electrons. The van der Waals surface area contributed by atoms with E-state index in [-0.39, 0.29) is 23.5 Å². The monoisotopic (exact) mass is 485 g/mol. The molecule has 2 aromatic heterocycles. The molecule has 0 saturated carbocycles. The summed E-state index contributed by atoms with van der Waals surface area (Å²) in [6.07, 6.45) is 1.69. The highest BCUT2D eigenvalue weighted by molar-refractivity contribution is 7.89. The molecular weight excluding hydrogens is 458 g/mol. The Labute approximate surface area is 196 Å². The standard InChI is InChI=1S/C22H27N7O4S/c1-3-4-9-29-20-19(21(30)25-22(29)31)26(2)18(24-20)15-27-10-12-28(13-11-27)34(32,33)17-8-6-5-7-16(17)14-23/h5-8H,3-4,9-13,15H2,1-2H3,(H,25,30,31). The molecule has 180 valence electrons. The Morgan fingerprint density at radius 2 is 1.85 bits per heavy atom. The molecule has 0 bridgehead atoms. The van der Waals surface area contributed by atoms with Crippen LogP contribution in [0.25, 0.3) is 11.2 Å². The van der Waals surface area contributed by atoms with E-state index in [1.165, 1.54) is 21.0 Å². The minimum atomic E-state index is -3.77. The van der Waals surface area contributed by atoms with Gasteiger partial charge < -0.3 is 4.57 Å². The first kappa shape index (κ1) is 23.9. The lowest BCUT2D eigenvalue weighted by Crippen LogP contribution is -2.48. The van der Waals surface area contributed by atoms with Crippen LogP contribution in [0.15, 0.2) is 38.8 Å². The summed E-state index contributed by atoms with van der Waals surface area (Å²) in [6.45, 7) is 4.39. The molecular formula is C22H27N7O4S. The first-order valence-electron chi connectivity index (χ1n) is 11.2. The second kappa shape index (κ2) is 9.54. The van der Waals surface area contributed by atoms with Crippen LogP contribution in [0.1, 0.15) is 31.2 Å². The minimum Gasteiger partial charge on any atom is -0.324 e. The summed E-state index contributed by atoms with van der Waals surface area (Å²) in [7, 11) is -2.03. The molecule has 0 unspecified atom stereocenters. The average molecular weight is 486 g/mol. The van der Waals surface area contributed by atoms with E-state index in [1.807, 2.05) is 13.0 Å². The molecule has 0 atom stereocenters. The summed E-state index contributed by atoms with van der Waals surface area (Å²) in [5.41, 5.74) is -0.0915. The number of fused-ring (bicyclic) bond motifs is 1. The number of imidazole rings is 1. The SMILES string of the molecule is CCCCn1c(=O)[nH]c(=O)c2c1nc(CN1CCN(S(=O)(=O)c3ccccc3C#N)CC1)n2C. The lowest BCUT2D eigenvalue weighted by atomic mass is 10.2. The Morgan fingerprint density at radius 3 is 2.53 bits per heavy atom. The maximum Gasteiger partial charge on any atom is 0.330 e. The zero-order valence-corrected chi connectivity index (χ0v) is 20.0. The molecule has 0 amide bonds. The van der Waals surface area contributed by atoms with Crippen LogP contribution in [-0.4, -0.2) is 62.9 Å². The molecule has 1 N–H and O–H groups in total. The van der Waals surface area contributed by atoms with Crippen LogP contribution in [0, 0.1) is 11.3 Å². The van der Waals surface area contributed by atoms with E-state index in [1.54, 1.807) is 23.7 Å². The van der Waals surface area contributed by atoms with Crippen LogP contribution >= 0.6 is 0 Å². The van der Waals surface area contributed by atoms with Crippen molar-refractivity contribution in [1.82, 2.24) is 28.3 Å². The number of sulfonamides is 1. The molecule has 0 aliphatic carbocycles. The third kappa shape index (κ3) is 4.29. The number of aryl methyl sites for hydroxylation is 2. The number of nitriles is 1. The van der Waals surface area contributed by atoms with Gasteiger partial charge in [-0.15, -0.1) is 0 Å². The number of nitrogens with zero attached hydrogens (tertiary/aromatic N) is 6. The fourth-order valence-corrected chi connectivity index (χ4v) is 5.77. The maximum atomic E-state index is 13.1. The Balaban J connectivity index is 1.54. The number of piperazine rings is 1. The number of aromatic amines is 1. The van der Waals surface area contributed by atoms with Crippen LogP contribution in [0.4, 0.5) is 0 Å². The van der Waals surface area contributed by atoms with Gasteiger partial charge in [-0.1, -0.05) is 25.5 Å². The Kier molecular flexibility index (Phi) is 6.70. The topological polar surface area (TPSA) is 137 Å². The first-order valence-corrected chi connectivity index (χ1v) is 12.6. The van der Waals surface area contributed by atoms with Crippen molar-refractivity contribution < 1.29 is 8.42 Å². The highest BCUT2D eigenvalue weighted by Gasteiger charge is 2.30. The molecule has 12 heteroatoms. The van der Waals surface area contributed by atoms with Crippen molar-refractivity contribution in [3.63, 3.8) is 0 Å². The number of hydrogen-bond donors (Lipinski definition) is 1. The van der Waals surface area contributed by atoms with Crippen LogP contribution in [-0.2, 0) is 30.2 Å². The van der Waals surface area contributed by atoms with Gasteiger partial charge in [-0.05, 0) is 18.6 Å². The lowest BCUT2D eigenvalue weighted by Gasteiger charge is -2.33. The third-order valence-corrected chi connectivity index (χ3v) is 8.12. The summed E-state index contributed by atoms with van der Waals surface area (Å²) < 4.78 is 30.7. The molecule has 3 aromatic rings. The van der Waals surface area contributed by atoms with Crippen molar-refractivity contribution in [2.45, 2.75) is 37.8 Å². The molecule has 1 fully saturated rings. The number of benzene rings is 1. The van der Waals surface area contributed by atoms with Gasteiger partial charge in [0.25, 0.3) is 5.56 Å². The van der Waals surface area contributed by atoms with Gasteiger partial charge in [0, 0.05) is 39.8 Å². The zero-order valence-electron chi connectivity index (χ0n) is 19.2. The maximum absolute atomic E-state index is 13.1. The summed E-state index contributed by atoms with van der Waals surface area (Å²) in [5, 5.41) is 9.28. The summed E-state index contributed by atoms with van der Waals surface area (Å²) in [6, 6.07) is 8.14.